The zero-order valence-electron chi connectivity index (χ0n) is 17.5. The van der Waals surface area contributed by atoms with Crippen molar-refractivity contribution in [1.82, 2.24) is 9.88 Å². The van der Waals surface area contributed by atoms with Crippen molar-refractivity contribution >= 4 is 13.2 Å². The summed E-state index contributed by atoms with van der Waals surface area (Å²) in [5.41, 5.74) is -0.402. The highest BCUT2D eigenvalue weighted by atomic mass is 16.7. The van der Waals surface area contributed by atoms with Crippen LogP contribution < -0.4 is 0 Å². The van der Waals surface area contributed by atoms with Gasteiger partial charge in [-0.3, -0.25) is 4.98 Å². The molecule has 1 aromatic heterocycles. The van der Waals surface area contributed by atoms with Crippen molar-refractivity contribution < 1.29 is 18.8 Å². The first-order valence-corrected chi connectivity index (χ1v) is 9.64. The molecule has 0 bridgehead atoms. The Kier molecular flexibility index (Phi) is 5.06. The van der Waals surface area contributed by atoms with Crippen LogP contribution in [0, 0.1) is 0 Å². The van der Waals surface area contributed by atoms with Gasteiger partial charge in [0.15, 0.2) is 0 Å². The third-order valence-corrected chi connectivity index (χ3v) is 5.71. The molecule has 0 N–H and O–H groups in total. The van der Waals surface area contributed by atoms with Crippen molar-refractivity contribution in [2.45, 2.75) is 77.0 Å². The third-order valence-electron chi connectivity index (χ3n) is 5.71. The number of carbonyl (C=O) groups is 1. The average molecular weight is 374 g/mol. The Labute approximate surface area is 162 Å². The Bertz CT molecular complexity index is 671. The second-order valence-corrected chi connectivity index (χ2v) is 9.53. The molecule has 2 aliphatic rings. The van der Waals surface area contributed by atoms with E-state index in [4.69, 9.17) is 14.0 Å². The highest BCUT2D eigenvalue weighted by molar-refractivity contribution is 6.48. The molecule has 2 atom stereocenters. The number of nitrogens with zero attached hydrogens (tertiary/aromatic N) is 2. The summed E-state index contributed by atoms with van der Waals surface area (Å²) in [6, 6.07) is 5.87. The maximum Gasteiger partial charge on any atom is 0.463 e. The predicted octanol–water partition coefficient (Wildman–Crippen LogP) is 3.88. The number of pyridine rings is 1. The molecular weight excluding hydrogens is 343 g/mol. The Morgan fingerprint density at radius 3 is 2.33 bits per heavy atom. The molecule has 0 aliphatic carbocycles. The van der Waals surface area contributed by atoms with Crippen LogP contribution in [0.25, 0.3) is 0 Å². The lowest BCUT2D eigenvalue weighted by Gasteiger charge is -2.32. The van der Waals surface area contributed by atoms with Crippen LogP contribution in [0.15, 0.2) is 24.4 Å². The van der Waals surface area contributed by atoms with Crippen molar-refractivity contribution in [3.8, 4) is 0 Å². The Hall–Kier alpha value is -1.60. The fraction of sp³-hybridized carbons (Fsp3) is 0.700. The molecule has 3 heterocycles. The van der Waals surface area contributed by atoms with Gasteiger partial charge >= 0.3 is 13.2 Å². The van der Waals surface area contributed by atoms with Gasteiger partial charge in [0.25, 0.3) is 0 Å². The van der Waals surface area contributed by atoms with Gasteiger partial charge in [0.2, 0.25) is 0 Å². The molecule has 2 saturated heterocycles. The second-order valence-electron chi connectivity index (χ2n) is 9.53. The topological polar surface area (TPSA) is 60.9 Å². The molecule has 0 spiro atoms. The summed E-state index contributed by atoms with van der Waals surface area (Å²) in [4.78, 5) is 18.9. The lowest BCUT2D eigenvalue weighted by molar-refractivity contribution is 0.00578. The van der Waals surface area contributed by atoms with E-state index < -0.39 is 23.9 Å². The van der Waals surface area contributed by atoms with Crippen molar-refractivity contribution in [1.29, 1.82) is 0 Å². The molecule has 27 heavy (non-hydrogen) atoms. The average Bonchev–Trinajstić information content (AvgIpc) is 3.06. The number of rotatable bonds is 2. The zero-order chi connectivity index (χ0) is 20.0. The van der Waals surface area contributed by atoms with Gasteiger partial charge in [-0.15, -0.1) is 0 Å². The molecule has 0 radical (unpaired) electrons. The van der Waals surface area contributed by atoms with Crippen LogP contribution in [-0.2, 0) is 14.0 Å². The number of ether oxygens (including phenoxy) is 1. The minimum Gasteiger partial charge on any atom is -0.444 e. The number of likely N-dealkylation sites (tertiary alicyclic amines) is 1. The molecule has 1 amide bonds. The summed E-state index contributed by atoms with van der Waals surface area (Å²) in [6.45, 7) is 14.9. The monoisotopic (exact) mass is 374 g/mol. The fourth-order valence-electron chi connectivity index (χ4n) is 3.55. The van der Waals surface area contributed by atoms with Gasteiger partial charge < -0.3 is 18.9 Å². The first-order valence-electron chi connectivity index (χ1n) is 9.64. The Balaban J connectivity index is 1.85. The standard InChI is InChI=1S/C20H31BN2O4/c1-18(2,3)25-17(24)23-12-14(16-10-8-9-11-22-16)15(13-23)21-26-19(4,5)20(6,7)27-21/h8-11,14-15H,12-13H2,1-7H3. The molecular formula is C20H31BN2O4. The minimum atomic E-state index is -0.528. The summed E-state index contributed by atoms with van der Waals surface area (Å²) in [7, 11) is -0.394. The van der Waals surface area contributed by atoms with E-state index in [0.29, 0.717) is 13.1 Å². The molecule has 2 unspecified atom stereocenters. The number of amides is 1. The van der Waals surface area contributed by atoms with Gasteiger partial charge in [0, 0.05) is 36.7 Å². The van der Waals surface area contributed by atoms with E-state index >= 15 is 0 Å². The lowest BCUT2D eigenvalue weighted by Crippen LogP contribution is -2.41. The van der Waals surface area contributed by atoms with Crippen molar-refractivity contribution in [3.05, 3.63) is 30.1 Å². The van der Waals surface area contributed by atoms with Crippen molar-refractivity contribution in [2.24, 2.45) is 0 Å². The first kappa shape index (κ1) is 20.1. The molecule has 6 nitrogen and oxygen atoms in total. The summed E-state index contributed by atoms with van der Waals surface area (Å²) in [5, 5.41) is 0. The molecule has 148 valence electrons. The maximum absolute atomic E-state index is 12.7. The van der Waals surface area contributed by atoms with Crippen molar-refractivity contribution in [2.75, 3.05) is 13.1 Å². The molecule has 1 aromatic rings. The van der Waals surface area contributed by atoms with Crippen LogP contribution in [0.4, 0.5) is 4.79 Å². The summed E-state index contributed by atoms with van der Waals surface area (Å²) in [6.07, 6.45) is 1.48. The van der Waals surface area contributed by atoms with Gasteiger partial charge in [-0.2, -0.15) is 0 Å². The number of aromatic nitrogens is 1. The van der Waals surface area contributed by atoms with Crippen LogP contribution in [0.1, 0.15) is 60.1 Å². The van der Waals surface area contributed by atoms with E-state index in [1.165, 1.54) is 0 Å². The van der Waals surface area contributed by atoms with Gasteiger partial charge in [-0.25, -0.2) is 4.79 Å². The molecule has 2 fully saturated rings. The van der Waals surface area contributed by atoms with E-state index in [9.17, 15) is 4.79 Å². The lowest BCUT2D eigenvalue weighted by atomic mass is 9.65. The van der Waals surface area contributed by atoms with Crippen LogP contribution in [0.5, 0.6) is 0 Å². The molecule has 7 heteroatoms. The zero-order valence-corrected chi connectivity index (χ0v) is 17.5. The van der Waals surface area contributed by atoms with E-state index in [0.717, 1.165) is 5.69 Å². The largest absolute Gasteiger partial charge is 0.463 e. The highest BCUT2D eigenvalue weighted by Crippen LogP contribution is 2.46. The molecule has 3 rings (SSSR count). The van der Waals surface area contributed by atoms with Crippen LogP contribution in [0.2, 0.25) is 5.82 Å². The van der Waals surface area contributed by atoms with E-state index in [-0.39, 0.29) is 17.8 Å². The fourth-order valence-corrected chi connectivity index (χ4v) is 3.55. The minimum absolute atomic E-state index is 0.00605. The van der Waals surface area contributed by atoms with Crippen LogP contribution in [-0.4, -0.2) is 53.0 Å². The first-order chi connectivity index (χ1) is 12.4. The van der Waals surface area contributed by atoms with Crippen LogP contribution in [0.3, 0.4) is 0 Å². The van der Waals surface area contributed by atoms with Gasteiger partial charge in [-0.1, -0.05) is 6.07 Å². The third kappa shape index (κ3) is 4.14. The second kappa shape index (κ2) is 6.78. The SMILES string of the molecule is CC(C)(C)OC(=O)N1CC(B2OC(C)(C)C(C)(C)O2)C(c2ccccn2)C1. The molecule has 0 aromatic carbocycles. The quantitative estimate of drug-likeness (QED) is 0.736. The van der Waals surface area contributed by atoms with E-state index in [1.54, 1.807) is 11.1 Å². The van der Waals surface area contributed by atoms with Gasteiger partial charge in [0.05, 0.1) is 11.2 Å². The number of carbonyl (C=O) groups excluding carboxylic acids is 1. The van der Waals surface area contributed by atoms with Crippen molar-refractivity contribution in [3.63, 3.8) is 0 Å². The Morgan fingerprint density at radius 1 is 1.19 bits per heavy atom. The predicted molar refractivity (Wildman–Crippen MR) is 105 cm³/mol. The highest BCUT2D eigenvalue weighted by Gasteiger charge is 2.57. The van der Waals surface area contributed by atoms with Gasteiger partial charge in [-0.05, 0) is 60.6 Å². The van der Waals surface area contributed by atoms with E-state index in [1.807, 2.05) is 66.7 Å². The summed E-state index contributed by atoms with van der Waals surface area (Å²) < 4.78 is 18.2. The van der Waals surface area contributed by atoms with Gasteiger partial charge in [0.1, 0.15) is 5.60 Å². The normalized spacial score (nSPS) is 27.1. The number of hydrogen-bond acceptors (Lipinski definition) is 5. The molecule has 0 saturated carbocycles. The maximum atomic E-state index is 12.7. The van der Waals surface area contributed by atoms with Crippen LogP contribution >= 0.6 is 0 Å². The summed E-state index contributed by atoms with van der Waals surface area (Å²) >= 11 is 0. The molecule has 2 aliphatic heterocycles. The number of hydrogen-bond donors (Lipinski definition) is 0. The summed E-state index contributed by atoms with van der Waals surface area (Å²) in [5.74, 6) is 0.0295. The smallest absolute Gasteiger partial charge is 0.444 e. The Morgan fingerprint density at radius 2 is 1.81 bits per heavy atom. The van der Waals surface area contributed by atoms with E-state index in [2.05, 4.69) is 4.98 Å².